The molecule has 3 aromatic rings. The molecule has 30 heavy (non-hydrogen) atoms. The molecule has 8 nitrogen and oxygen atoms in total. The van der Waals surface area contributed by atoms with Gasteiger partial charge in [-0.3, -0.25) is 4.79 Å². The van der Waals surface area contributed by atoms with Crippen LogP contribution in [-0.4, -0.2) is 35.9 Å². The third kappa shape index (κ3) is 6.50. The van der Waals surface area contributed by atoms with Crippen molar-refractivity contribution in [3.63, 3.8) is 0 Å². The van der Waals surface area contributed by atoms with Crippen molar-refractivity contribution in [2.24, 2.45) is 0 Å². The molecule has 0 spiro atoms. The molecule has 1 heterocycles. The highest BCUT2D eigenvalue weighted by molar-refractivity contribution is 7.92. The van der Waals surface area contributed by atoms with Crippen LogP contribution in [0.4, 0.5) is 5.69 Å². The van der Waals surface area contributed by atoms with Gasteiger partial charge < -0.3 is 10.4 Å². The number of rotatable bonds is 8. The Hall–Kier alpha value is -3.56. The summed E-state index contributed by atoms with van der Waals surface area (Å²) in [5, 5.41) is 13.2. The molecule has 0 atom stereocenters. The summed E-state index contributed by atoms with van der Waals surface area (Å²) in [5.41, 5.74) is 1.79. The Balaban J connectivity index is 1.48. The summed E-state index contributed by atoms with van der Waals surface area (Å²) < 4.78 is 26.3. The van der Waals surface area contributed by atoms with E-state index in [0.717, 1.165) is 11.0 Å². The summed E-state index contributed by atoms with van der Waals surface area (Å²) in [6.07, 6.45) is 4.31. The number of nitrogens with one attached hydrogen (secondary N) is 2. The van der Waals surface area contributed by atoms with Crippen LogP contribution in [0.2, 0.25) is 0 Å². The second-order valence-electron chi connectivity index (χ2n) is 6.30. The van der Waals surface area contributed by atoms with E-state index in [1.54, 1.807) is 30.3 Å². The Labute approximate surface area is 174 Å². The minimum absolute atomic E-state index is 0.0461. The molecule has 0 unspecified atom stereocenters. The number of sulfonamides is 1. The van der Waals surface area contributed by atoms with Crippen molar-refractivity contribution in [3.8, 4) is 17.1 Å². The fraction of sp³-hybridized carbons (Fsp3) is 0.0952. The molecule has 154 valence electrons. The van der Waals surface area contributed by atoms with Gasteiger partial charge in [-0.25, -0.2) is 23.1 Å². The average Bonchev–Trinajstić information content (AvgIpc) is 2.73. The number of nitrogens with zero attached hydrogens (tertiary/aromatic N) is 2. The Kier molecular flexibility index (Phi) is 6.89. The number of hydrogen-bond donors (Lipinski definition) is 3. The van der Waals surface area contributed by atoms with Crippen LogP contribution in [0.25, 0.3) is 17.5 Å². The van der Waals surface area contributed by atoms with E-state index in [4.69, 9.17) is 0 Å². The molecular formula is C21H20N4O4S. The zero-order valence-corrected chi connectivity index (χ0v) is 16.7. The van der Waals surface area contributed by atoms with Crippen molar-refractivity contribution in [2.75, 3.05) is 11.9 Å². The standard InChI is InChI=1S/C21H20N4O4S/c26-19-8-4-7-17(13-19)21-22-14-18(15-23-21)25-20(27)9-11-24-30(28,29)12-10-16-5-2-1-3-6-16/h1-8,10,12-15,24,26H,9,11H2,(H,25,27)/b12-10+. The summed E-state index contributed by atoms with van der Waals surface area (Å²) in [7, 11) is -3.64. The first-order chi connectivity index (χ1) is 14.4. The number of phenolic OH excluding ortho intramolecular Hbond substituents is 1. The number of carbonyl (C=O) groups is 1. The monoisotopic (exact) mass is 424 g/mol. The zero-order valence-electron chi connectivity index (χ0n) is 15.9. The van der Waals surface area contributed by atoms with Crippen LogP contribution in [0.5, 0.6) is 5.75 Å². The van der Waals surface area contributed by atoms with Crippen molar-refractivity contribution >= 4 is 27.7 Å². The van der Waals surface area contributed by atoms with Crippen LogP contribution in [0, 0.1) is 0 Å². The first-order valence-electron chi connectivity index (χ1n) is 9.05. The number of phenols is 1. The summed E-state index contributed by atoms with van der Waals surface area (Å²) in [4.78, 5) is 20.3. The maximum atomic E-state index is 12.0. The van der Waals surface area contributed by atoms with Gasteiger partial charge in [-0.15, -0.1) is 0 Å². The fourth-order valence-corrected chi connectivity index (χ4v) is 3.32. The molecular weight excluding hydrogens is 404 g/mol. The predicted octanol–water partition coefficient (Wildman–Crippen LogP) is 2.77. The minimum atomic E-state index is -3.64. The topological polar surface area (TPSA) is 121 Å². The second kappa shape index (κ2) is 9.77. The molecule has 0 fully saturated rings. The molecule has 2 aromatic carbocycles. The molecule has 1 amide bonds. The fourth-order valence-electron chi connectivity index (χ4n) is 2.50. The summed E-state index contributed by atoms with van der Waals surface area (Å²) >= 11 is 0. The smallest absolute Gasteiger partial charge is 0.233 e. The van der Waals surface area contributed by atoms with Crippen LogP contribution in [0.15, 0.2) is 72.4 Å². The van der Waals surface area contributed by atoms with Crippen LogP contribution in [0.1, 0.15) is 12.0 Å². The molecule has 1 aromatic heterocycles. The first kappa shape index (κ1) is 21.2. The quantitative estimate of drug-likeness (QED) is 0.511. The lowest BCUT2D eigenvalue weighted by Crippen LogP contribution is -2.26. The minimum Gasteiger partial charge on any atom is -0.508 e. The van der Waals surface area contributed by atoms with E-state index in [9.17, 15) is 18.3 Å². The molecule has 0 saturated heterocycles. The van der Waals surface area contributed by atoms with E-state index >= 15 is 0 Å². The summed E-state index contributed by atoms with van der Waals surface area (Å²) in [5.74, 6) is 0.134. The molecule has 0 aliphatic heterocycles. The number of amides is 1. The lowest BCUT2D eigenvalue weighted by molar-refractivity contribution is -0.116. The molecule has 0 bridgehead atoms. The van der Waals surface area contributed by atoms with Gasteiger partial charge in [0.15, 0.2) is 5.82 Å². The largest absolute Gasteiger partial charge is 0.508 e. The van der Waals surface area contributed by atoms with Crippen molar-refractivity contribution in [1.82, 2.24) is 14.7 Å². The van der Waals surface area contributed by atoms with Gasteiger partial charge in [0.2, 0.25) is 15.9 Å². The van der Waals surface area contributed by atoms with Crippen LogP contribution < -0.4 is 10.0 Å². The molecule has 0 radical (unpaired) electrons. The van der Waals surface area contributed by atoms with E-state index in [-0.39, 0.29) is 24.6 Å². The van der Waals surface area contributed by atoms with Gasteiger partial charge in [-0.1, -0.05) is 42.5 Å². The number of carbonyl (C=O) groups excluding carboxylic acids is 1. The summed E-state index contributed by atoms with van der Waals surface area (Å²) in [6.45, 7) is -0.0461. The van der Waals surface area contributed by atoms with Gasteiger partial charge >= 0.3 is 0 Å². The predicted molar refractivity (Wildman–Crippen MR) is 115 cm³/mol. The second-order valence-corrected chi connectivity index (χ2v) is 7.95. The Morgan fingerprint density at radius 3 is 2.47 bits per heavy atom. The molecule has 9 heteroatoms. The van der Waals surface area contributed by atoms with Crippen molar-refractivity contribution in [2.45, 2.75) is 6.42 Å². The van der Waals surface area contributed by atoms with Gasteiger partial charge in [-0.2, -0.15) is 0 Å². The Morgan fingerprint density at radius 1 is 1.03 bits per heavy atom. The molecule has 3 rings (SSSR count). The average molecular weight is 424 g/mol. The number of benzene rings is 2. The van der Waals surface area contributed by atoms with Gasteiger partial charge in [0.05, 0.1) is 18.1 Å². The van der Waals surface area contributed by atoms with Crippen LogP contribution in [-0.2, 0) is 14.8 Å². The molecule has 0 aliphatic rings. The van der Waals surface area contributed by atoms with Crippen LogP contribution in [0.3, 0.4) is 0 Å². The maximum absolute atomic E-state index is 12.0. The van der Waals surface area contributed by atoms with E-state index < -0.39 is 10.0 Å². The first-order valence-corrected chi connectivity index (χ1v) is 10.6. The van der Waals surface area contributed by atoms with Crippen LogP contribution >= 0.6 is 0 Å². The third-order valence-electron chi connectivity index (χ3n) is 3.93. The van der Waals surface area contributed by atoms with E-state index in [1.165, 1.54) is 24.5 Å². The van der Waals surface area contributed by atoms with Gasteiger partial charge in [0, 0.05) is 23.9 Å². The van der Waals surface area contributed by atoms with Gasteiger partial charge in [0.1, 0.15) is 5.75 Å². The number of aromatic nitrogens is 2. The number of anilines is 1. The molecule has 3 N–H and O–H groups in total. The van der Waals surface area contributed by atoms with E-state index in [1.807, 2.05) is 18.2 Å². The van der Waals surface area contributed by atoms with Crippen molar-refractivity contribution in [3.05, 3.63) is 78.0 Å². The van der Waals surface area contributed by atoms with E-state index in [2.05, 4.69) is 20.0 Å². The van der Waals surface area contributed by atoms with Crippen molar-refractivity contribution in [1.29, 1.82) is 0 Å². The van der Waals surface area contributed by atoms with E-state index in [0.29, 0.717) is 17.1 Å². The van der Waals surface area contributed by atoms with Gasteiger partial charge in [-0.05, 0) is 23.8 Å². The number of hydrogen-bond acceptors (Lipinski definition) is 6. The highest BCUT2D eigenvalue weighted by Crippen LogP contribution is 2.20. The lowest BCUT2D eigenvalue weighted by Gasteiger charge is -2.06. The van der Waals surface area contributed by atoms with Crippen molar-refractivity contribution < 1.29 is 18.3 Å². The lowest BCUT2D eigenvalue weighted by atomic mass is 10.2. The van der Waals surface area contributed by atoms with Gasteiger partial charge in [0.25, 0.3) is 0 Å². The third-order valence-corrected chi connectivity index (χ3v) is 5.04. The normalized spacial score (nSPS) is 11.5. The number of aromatic hydroxyl groups is 1. The maximum Gasteiger partial charge on any atom is 0.233 e. The molecule has 0 saturated carbocycles. The highest BCUT2D eigenvalue weighted by Gasteiger charge is 2.09. The SMILES string of the molecule is O=C(CCNS(=O)(=O)/C=C/c1ccccc1)Nc1cnc(-c2cccc(O)c2)nc1. The Bertz CT molecular complexity index is 1130. The Morgan fingerprint density at radius 2 is 1.77 bits per heavy atom. The highest BCUT2D eigenvalue weighted by atomic mass is 32.2. The summed E-state index contributed by atoms with van der Waals surface area (Å²) in [6, 6.07) is 15.5. The zero-order chi connectivity index (χ0) is 21.4. The molecule has 0 aliphatic carbocycles.